The highest BCUT2D eigenvalue weighted by atomic mass is 32.2. The van der Waals surface area contributed by atoms with Gasteiger partial charge in [0.15, 0.2) is 15.9 Å². The number of amides is 1. The third-order valence-electron chi connectivity index (χ3n) is 3.72. The van der Waals surface area contributed by atoms with E-state index in [0.717, 1.165) is 6.26 Å². The molecule has 7 heteroatoms. The number of sulfone groups is 1. The summed E-state index contributed by atoms with van der Waals surface area (Å²) >= 11 is 0. The van der Waals surface area contributed by atoms with Crippen LogP contribution in [0.2, 0.25) is 0 Å². The minimum absolute atomic E-state index is 0.0981. The lowest BCUT2D eigenvalue weighted by Gasteiger charge is -2.21. The van der Waals surface area contributed by atoms with Crippen LogP contribution in [0.15, 0.2) is 54.6 Å². The smallest absolute Gasteiger partial charge is 0.338 e. The van der Waals surface area contributed by atoms with Crippen LogP contribution in [-0.4, -0.2) is 39.7 Å². The zero-order chi connectivity index (χ0) is 19.3. The second kappa shape index (κ2) is 8.14. The number of ether oxygens (including phenoxy) is 1. The summed E-state index contributed by atoms with van der Waals surface area (Å²) in [5.74, 6) is -1.09. The average Bonchev–Trinajstić information content (AvgIpc) is 2.60. The normalized spacial score (nSPS) is 12.3. The quantitative estimate of drug-likeness (QED) is 0.725. The monoisotopic (exact) mass is 375 g/mol. The lowest BCUT2D eigenvalue weighted by atomic mass is 10.1. The summed E-state index contributed by atoms with van der Waals surface area (Å²) in [5.41, 5.74) is 1.53. The van der Waals surface area contributed by atoms with Crippen LogP contribution in [0, 0.1) is 0 Å². The van der Waals surface area contributed by atoms with E-state index in [1.54, 1.807) is 31.3 Å². The molecule has 138 valence electrons. The summed E-state index contributed by atoms with van der Waals surface area (Å²) in [4.78, 5) is 26.0. The molecule has 2 aromatic rings. The predicted octanol–water partition coefficient (Wildman–Crippen LogP) is 2.44. The fourth-order valence-corrected chi connectivity index (χ4v) is 3.17. The largest absolute Gasteiger partial charge is 0.449 e. The first-order chi connectivity index (χ1) is 12.2. The van der Waals surface area contributed by atoms with E-state index in [1.165, 1.54) is 24.0 Å². The standard InChI is InChI=1S/C19H21NO5S/c1-14(18(21)20(2)17-7-5-4-6-8-17)25-19(22)16-11-9-15(10-12-16)13-26(3,23)24/h4-12,14H,13H2,1-3H3/t14-/m1/s1. The molecule has 0 aromatic heterocycles. The maximum absolute atomic E-state index is 12.4. The van der Waals surface area contributed by atoms with Gasteiger partial charge < -0.3 is 9.64 Å². The van der Waals surface area contributed by atoms with Crippen molar-refractivity contribution in [1.82, 2.24) is 0 Å². The number of para-hydroxylation sites is 1. The highest BCUT2D eigenvalue weighted by molar-refractivity contribution is 7.89. The number of rotatable bonds is 6. The third kappa shape index (κ3) is 5.42. The van der Waals surface area contributed by atoms with Crippen molar-refractivity contribution < 1.29 is 22.7 Å². The Morgan fingerprint density at radius 2 is 1.62 bits per heavy atom. The van der Waals surface area contributed by atoms with Gasteiger partial charge in [0.2, 0.25) is 0 Å². The van der Waals surface area contributed by atoms with E-state index in [2.05, 4.69) is 0 Å². The summed E-state index contributed by atoms with van der Waals surface area (Å²) in [6.07, 6.45) is 0.189. The fraction of sp³-hybridized carbons (Fsp3) is 0.263. The molecule has 2 aromatic carbocycles. The molecule has 0 aliphatic carbocycles. The van der Waals surface area contributed by atoms with E-state index >= 15 is 0 Å². The summed E-state index contributed by atoms with van der Waals surface area (Å²) in [5, 5.41) is 0. The molecule has 0 aliphatic heterocycles. The zero-order valence-corrected chi connectivity index (χ0v) is 15.7. The van der Waals surface area contributed by atoms with Crippen molar-refractivity contribution in [3.05, 3.63) is 65.7 Å². The SMILES string of the molecule is C[C@@H](OC(=O)c1ccc(CS(C)(=O)=O)cc1)C(=O)N(C)c1ccccc1. The minimum Gasteiger partial charge on any atom is -0.449 e. The Morgan fingerprint density at radius 1 is 1.04 bits per heavy atom. The highest BCUT2D eigenvalue weighted by Crippen LogP contribution is 2.15. The number of carbonyl (C=O) groups is 2. The number of esters is 1. The molecule has 0 spiro atoms. The van der Waals surface area contributed by atoms with E-state index < -0.39 is 21.9 Å². The molecule has 0 heterocycles. The van der Waals surface area contributed by atoms with Gasteiger partial charge in [-0.2, -0.15) is 0 Å². The van der Waals surface area contributed by atoms with Crippen LogP contribution in [0.1, 0.15) is 22.8 Å². The van der Waals surface area contributed by atoms with E-state index in [0.29, 0.717) is 11.3 Å². The van der Waals surface area contributed by atoms with Crippen LogP contribution < -0.4 is 4.90 Å². The van der Waals surface area contributed by atoms with E-state index in [4.69, 9.17) is 4.74 Å². The van der Waals surface area contributed by atoms with Crippen molar-refractivity contribution >= 4 is 27.4 Å². The second-order valence-electron chi connectivity index (χ2n) is 6.05. The number of anilines is 1. The van der Waals surface area contributed by atoms with Crippen LogP contribution in [0.5, 0.6) is 0 Å². The van der Waals surface area contributed by atoms with Gasteiger partial charge in [-0.25, -0.2) is 13.2 Å². The second-order valence-corrected chi connectivity index (χ2v) is 8.19. The number of carbonyl (C=O) groups excluding carboxylic acids is 2. The van der Waals surface area contributed by atoms with Gasteiger partial charge in [-0.05, 0) is 36.8 Å². The number of hydrogen-bond donors (Lipinski definition) is 0. The van der Waals surface area contributed by atoms with Gasteiger partial charge in [-0.15, -0.1) is 0 Å². The lowest BCUT2D eigenvalue weighted by molar-refractivity contribution is -0.126. The first kappa shape index (κ1) is 19.7. The molecule has 0 unspecified atom stereocenters. The first-order valence-electron chi connectivity index (χ1n) is 7.97. The Morgan fingerprint density at radius 3 is 2.15 bits per heavy atom. The predicted molar refractivity (Wildman–Crippen MR) is 99.7 cm³/mol. The van der Waals surface area contributed by atoms with Crippen LogP contribution >= 0.6 is 0 Å². The minimum atomic E-state index is -3.14. The Labute approximate surface area is 153 Å². The van der Waals surface area contributed by atoms with Crippen molar-refractivity contribution in [2.45, 2.75) is 18.8 Å². The van der Waals surface area contributed by atoms with Crippen LogP contribution in [-0.2, 0) is 25.1 Å². The Kier molecular flexibility index (Phi) is 6.15. The summed E-state index contributed by atoms with van der Waals surface area (Å²) in [6.45, 7) is 1.51. The molecule has 0 saturated heterocycles. The Bertz CT molecular complexity index is 876. The fourth-order valence-electron chi connectivity index (χ4n) is 2.37. The molecule has 0 radical (unpaired) electrons. The van der Waals surface area contributed by atoms with Crippen molar-refractivity contribution in [1.29, 1.82) is 0 Å². The van der Waals surface area contributed by atoms with Crippen LogP contribution in [0.4, 0.5) is 5.69 Å². The average molecular weight is 375 g/mol. The summed E-state index contributed by atoms with van der Waals surface area (Å²) < 4.78 is 27.8. The third-order valence-corrected chi connectivity index (χ3v) is 4.58. The number of benzene rings is 2. The van der Waals surface area contributed by atoms with Gasteiger partial charge in [-0.1, -0.05) is 30.3 Å². The van der Waals surface area contributed by atoms with E-state index in [1.807, 2.05) is 18.2 Å². The molecule has 0 N–H and O–H groups in total. The van der Waals surface area contributed by atoms with Crippen LogP contribution in [0.3, 0.4) is 0 Å². The van der Waals surface area contributed by atoms with Gasteiger partial charge in [0, 0.05) is 19.0 Å². The molecule has 0 fully saturated rings. The van der Waals surface area contributed by atoms with Gasteiger partial charge >= 0.3 is 5.97 Å². The maximum atomic E-state index is 12.4. The number of hydrogen-bond acceptors (Lipinski definition) is 5. The highest BCUT2D eigenvalue weighted by Gasteiger charge is 2.23. The van der Waals surface area contributed by atoms with E-state index in [-0.39, 0.29) is 17.2 Å². The summed E-state index contributed by atoms with van der Waals surface area (Å²) in [6, 6.07) is 15.1. The molecular weight excluding hydrogens is 354 g/mol. The lowest BCUT2D eigenvalue weighted by Crippen LogP contribution is -2.37. The molecule has 2 rings (SSSR count). The van der Waals surface area contributed by atoms with Crippen molar-refractivity contribution in [2.75, 3.05) is 18.2 Å². The molecule has 0 bridgehead atoms. The van der Waals surface area contributed by atoms with Crippen molar-refractivity contribution in [3.63, 3.8) is 0 Å². The van der Waals surface area contributed by atoms with Gasteiger partial charge in [0.1, 0.15) is 0 Å². The van der Waals surface area contributed by atoms with Gasteiger partial charge in [0.25, 0.3) is 5.91 Å². The number of nitrogens with zero attached hydrogens (tertiary/aromatic N) is 1. The summed E-state index contributed by atoms with van der Waals surface area (Å²) in [7, 11) is -1.53. The molecular formula is C19H21NO5S. The van der Waals surface area contributed by atoms with E-state index in [9.17, 15) is 18.0 Å². The maximum Gasteiger partial charge on any atom is 0.338 e. The topological polar surface area (TPSA) is 80.8 Å². The van der Waals surface area contributed by atoms with Gasteiger partial charge in [0.05, 0.1) is 11.3 Å². The van der Waals surface area contributed by atoms with Gasteiger partial charge in [-0.3, -0.25) is 4.79 Å². The van der Waals surface area contributed by atoms with Crippen molar-refractivity contribution in [2.24, 2.45) is 0 Å². The molecule has 0 aliphatic rings. The molecule has 1 amide bonds. The first-order valence-corrected chi connectivity index (χ1v) is 10.0. The zero-order valence-electron chi connectivity index (χ0n) is 14.9. The van der Waals surface area contributed by atoms with Crippen molar-refractivity contribution in [3.8, 4) is 0 Å². The molecule has 26 heavy (non-hydrogen) atoms. The number of likely N-dealkylation sites (N-methyl/N-ethyl adjacent to an activating group) is 1. The molecule has 0 saturated carbocycles. The Balaban J connectivity index is 2.01. The molecule has 6 nitrogen and oxygen atoms in total. The molecule has 1 atom stereocenters. The Hall–Kier alpha value is -2.67. The van der Waals surface area contributed by atoms with Crippen LogP contribution in [0.25, 0.3) is 0 Å².